The Hall–Kier alpha value is -2.53. The van der Waals surface area contributed by atoms with Gasteiger partial charge in [-0.15, -0.1) is 0 Å². The van der Waals surface area contributed by atoms with Crippen molar-refractivity contribution in [2.45, 2.75) is 289 Å². The molecule has 0 bridgehead atoms. The second kappa shape index (κ2) is 40.5. The lowest BCUT2D eigenvalue weighted by atomic mass is 9.96. The molecule has 0 radical (unpaired) electrons. The smallest absolute Gasteiger partial charge is 0.306 e. The molecule has 1 aromatic rings. The van der Waals surface area contributed by atoms with E-state index >= 15 is 0 Å². The van der Waals surface area contributed by atoms with Gasteiger partial charge < -0.3 is 34.5 Å². The van der Waals surface area contributed by atoms with Crippen molar-refractivity contribution < 1.29 is 43.5 Å². The minimum absolute atomic E-state index is 0.0815. The summed E-state index contributed by atoms with van der Waals surface area (Å²) in [4.78, 5) is 40.6. The van der Waals surface area contributed by atoms with Crippen molar-refractivity contribution in [1.29, 1.82) is 0 Å². The Balaban J connectivity index is 2.05. The molecular formula is C55H97NO9. The molecule has 0 spiro atoms. The Morgan fingerprint density at radius 3 is 1.49 bits per heavy atom. The normalized spacial score (nSPS) is 18.9. The number of carbonyl (C=O) groups is 3. The predicted molar refractivity (Wildman–Crippen MR) is 263 cm³/mol. The minimum Gasteiger partial charge on any atom is -0.462 e. The standard InChI is InChI=1S/C55H97NO9/c1-4-7-10-13-16-19-21-24-27-30-36-41-50(59)63-47(40-35-29-26-23-18-15-12-9-6-3)43-49(58)56-52-54(65-51(60)42-37-31-28-25-22-20-17-14-11-8-5-2)53(61)48(44-57)64-55(52)62-45-46-38-33-32-34-39-46/h32-34,38-39,47-48,52-55,57,61H,4-31,35-37,40-45H2,1-3H3,(H,56,58)/t47?,48-,52-,53-,54-,55-/m1/s1. The molecule has 1 unspecified atom stereocenters. The summed E-state index contributed by atoms with van der Waals surface area (Å²) >= 11 is 0. The summed E-state index contributed by atoms with van der Waals surface area (Å²) in [5, 5.41) is 24.6. The van der Waals surface area contributed by atoms with Crippen molar-refractivity contribution >= 4 is 17.8 Å². The Kier molecular flexibility index (Phi) is 36.5. The molecule has 1 aliphatic rings. The predicted octanol–water partition coefficient (Wildman–Crippen LogP) is 13.3. The number of rotatable bonds is 43. The van der Waals surface area contributed by atoms with E-state index in [4.69, 9.17) is 18.9 Å². The zero-order chi connectivity index (χ0) is 47.0. The van der Waals surface area contributed by atoms with Gasteiger partial charge in [-0.05, 0) is 31.2 Å². The average Bonchev–Trinajstić information content (AvgIpc) is 3.30. The first-order chi connectivity index (χ1) is 31.8. The van der Waals surface area contributed by atoms with Crippen molar-refractivity contribution in [2.75, 3.05) is 6.61 Å². The molecule has 10 heteroatoms. The van der Waals surface area contributed by atoms with Crippen LogP contribution >= 0.6 is 0 Å². The van der Waals surface area contributed by atoms with Gasteiger partial charge in [-0.3, -0.25) is 14.4 Å². The fourth-order valence-electron chi connectivity index (χ4n) is 8.92. The molecule has 1 fully saturated rings. The number of esters is 2. The first-order valence-corrected chi connectivity index (χ1v) is 27.1. The van der Waals surface area contributed by atoms with E-state index in [0.29, 0.717) is 19.3 Å². The van der Waals surface area contributed by atoms with Crippen LogP contribution in [0.3, 0.4) is 0 Å². The maximum absolute atomic E-state index is 14.0. The summed E-state index contributed by atoms with van der Waals surface area (Å²) in [6.07, 6.45) is 31.7. The van der Waals surface area contributed by atoms with Crippen LogP contribution in [-0.4, -0.2) is 71.4 Å². The molecule has 376 valence electrons. The van der Waals surface area contributed by atoms with Crippen LogP contribution < -0.4 is 5.32 Å². The van der Waals surface area contributed by atoms with E-state index in [-0.39, 0.29) is 25.4 Å². The fraction of sp³-hybridized carbons (Fsp3) is 0.836. The van der Waals surface area contributed by atoms with Gasteiger partial charge in [-0.25, -0.2) is 0 Å². The van der Waals surface area contributed by atoms with Gasteiger partial charge in [-0.2, -0.15) is 0 Å². The second-order valence-corrected chi connectivity index (χ2v) is 19.1. The summed E-state index contributed by atoms with van der Waals surface area (Å²) in [5.74, 6) is -1.18. The molecular weight excluding hydrogens is 819 g/mol. The molecule has 0 saturated carbocycles. The van der Waals surface area contributed by atoms with Crippen LogP contribution in [0.15, 0.2) is 30.3 Å². The van der Waals surface area contributed by atoms with Gasteiger partial charge in [0.15, 0.2) is 12.4 Å². The van der Waals surface area contributed by atoms with E-state index in [1.54, 1.807) is 0 Å². The SMILES string of the molecule is CCCCCCCCCCCCCC(=O)OC(CCCCCCCCCCC)CC(=O)N[C@H]1[C@H](OCc2ccccc2)O[C@H](CO)[C@@H](O)[C@@H]1OC(=O)CCCCCCCCCCCCC. The van der Waals surface area contributed by atoms with Crippen LogP contribution in [0.25, 0.3) is 0 Å². The summed E-state index contributed by atoms with van der Waals surface area (Å²) in [7, 11) is 0. The highest BCUT2D eigenvalue weighted by Crippen LogP contribution is 2.27. The van der Waals surface area contributed by atoms with E-state index in [1.807, 2.05) is 30.3 Å². The van der Waals surface area contributed by atoms with Crippen molar-refractivity contribution in [3.05, 3.63) is 35.9 Å². The minimum atomic E-state index is -1.41. The lowest BCUT2D eigenvalue weighted by Crippen LogP contribution is -2.66. The van der Waals surface area contributed by atoms with Gasteiger partial charge in [0.25, 0.3) is 0 Å². The highest BCUT2D eigenvalue weighted by Gasteiger charge is 2.48. The third-order valence-electron chi connectivity index (χ3n) is 13.0. The van der Waals surface area contributed by atoms with Crippen molar-refractivity contribution in [3.63, 3.8) is 0 Å². The molecule has 0 aromatic heterocycles. The van der Waals surface area contributed by atoms with Crippen LogP contribution in [0.1, 0.15) is 251 Å². The van der Waals surface area contributed by atoms with Crippen LogP contribution in [0, 0.1) is 0 Å². The average molecular weight is 916 g/mol. The molecule has 1 heterocycles. The fourth-order valence-corrected chi connectivity index (χ4v) is 8.92. The quantitative estimate of drug-likeness (QED) is 0.0431. The topological polar surface area (TPSA) is 141 Å². The number of nitrogens with one attached hydrogen (secondary N) is 1. The number of aliphatic hydroxyl groups is 2. The Bertz CT molecular complexity index is 1280. The lowest BCUT2D eigenvalue weighted by molar-refractivity contribution is -0.276. The molecule has 1 aromatic carbocycles. The summed E-state index contributed by atoms with van der Waals surface area (Å²) in [6.45, 7) is 6.31. The van der Waals surface area contributed by atoms with Crippen molar-refractivity contribution in [2.24, 2.45) is 0 Å². The van der Waals surface area contributed by atoms with Gasteiger partial charge in [0.2, 0.25) is 5.91 Å². The molecule has 1 amide bonds. The van der Waals surface area contributed by atoms with Gasteiger partial charge in [0, 0.05) is 12.8 Å². The molecule has 3 N–H and O–H groups in total. The van der Waals surface area contributed by atoms with Crippen LogP contribution in [-0.2, 0) is 39.9 Å². The maximum atomic E-state index is 14.0. The number of unbranched alkanes of at least 4 members (excludes halogenated alkanes) is 28. The number of hydrogen-bond donors (Lipinski definition) is 3. The van der Waals surface area contributed by atoms with Gasteiger partial charge in [0.05, 0.1) is 19.6 Å². The van der Waals surface area contributed by atoms with Crippen LogP contribution in [0.5, 0.6) is 0 Å². The number of aliphatic hydroxyl groups excluding tert-OH is 2. The van der Waals surface area contributed by atoms with E-state index in [1.165, 1.54) is 135 Å². The molecule has 6 atom stereocenters. The summed E-state index contributed by atoms with van der Waals surface area (Å²) in [5.41, 5.74) is 0.864. The van der Waals surface area contributed by atoms with E-state index < -0.39 is 55.2 Å². The first-order valence-electron chi connectivity index (χ1n) is 27.1. The van der Waals surface area contributed by atoms with E-state index in [2.05, 4.69) is 26.1 Å². The van der Waals surface area contributed by atoms with E-state index in [0.717, 1.165) is 63.4 Å². The molecule has 1 aliphatic heterocycles. The highest BCUT2D eigenvalue weighted by molar-refractivity contribution is 5.78. The molecule has 65 heavy (non-hydrogen) atoms. The van der Waals surface area contributed by atoms with Gasteiger partial charge in [-0.1, -0.05) is 231 Å². The largest absolute Gasteiger partial charge is 0.462 e. The second-order valence-electron chi connectivity index (χ2n) is 19.1. The first kappa shape index (κ1) is 58.6. The van der Waals surface area contributed by atoms with Crippen molar-refractivity contribution in [3.8, 4) is 0 Å². The maximum Gasteiger partial charge on any atom is 0.306 e. The van der Waals surface area contributed by atoms with Crippen LogP contribution in [0.2, 0.25) is 0 Å². The van der Waals surface area contributed by atoms with Crippen LogP contribution in [0.4, 0.5) is 0 Å². The Morgan fingerprint density at radius 2 is 1.03 bits per heavy atom. The third kappa shape index (κ3) is 29.8. The number of amides is 1. The number of carbonyl (C=O) groups excluding carboxylic acids is 3. The summed E-state index contributed by atoms with van der Waals surface area (Å²) in [6, 6.07) is 8.43. The third-order valence-corrected chi connectivity index (χ3v) is 13.0. The number of ether oxygens (including phenoxy) is 4. The Labute approximate surface area is 396 Å². The van der Waals surface area contributed by atoms with E-state index in [9.17, 15) is 24.6 Å². The highest BCUT2D eigenvalue weighted by atomic mass is 16.7. The van der Waals surface area contributed by atoms with Crippen molar-refractivity contribution in [1.82, 2.24) is 5.32 Å². The number of hydrogen-bond acceptors (Lipinski definition) is 9. The molecule has 1 saturated heterocycles. The zero-order valence-electron chi connectivity index (χ0n) is 41.8. The molecule has 10 nitrogen and oxygen atoms in total. The Morgan fingerprint density at radius 1 is 0.600 bits per heavy atom. The molecule has 0 aliphatic carbocycles. The van der Waals surface area contributed by atoms with Gasteiger partial charge >= 0.3 is 11.9 Å². The summed E-state index contributed by atoms with van der Waals surface area (Å²) < 4.78 is 24.3. The zero-order valence-corrected chi connectivity index (χ0v) is 41.8. The molecule has 2 rings (SSSR count). The number of benzene rings is 1. The lowest BCUT2D eigenvalue weighted by Gasteiger charge is -2.43. The monoisotopic (exact) mass is 916 g/mol. The van der Waals surface area contributed by atoms with Gasteiger partial charge in [0.1, 0.15) is 24.4 Å².